The van der Waals surface area contributed by atoms with E-state index in [0.29, 0.717) is 0 Å². The number of nitrogens with two attached hydrogens (primary N) is 1. The van der Waals surface area contributed by atoms with E-state index < -0.39 is 0 Å². The standard InChI is InChI=1S/C11H21NO/c1-3-7-10(12)11(13-2)8-5-4-6-9-11/h3,10H,1,4-9,12H2,2H3. The molecule has 0 heterocycles. The Hall–Kier alpha value is -0.340. The Morgan fingerprint density at radius 2 is 2.08 bits per heavy atom. The van der Waals surface area contributed by atoms with E-state index in [-0.39, 0.29) is 11.6 Å². The van der Waals surface area contributed by atoms with Crippen LogP contribution in [0.1, 0.15) is 38.5 Å². The summed E-state index contributed by atoms with van der Waals surface area (Å²) in [7, 11) is 1.79. The van der Waals surface area contributed by atoms with E-state index in [1.807, 2.05) is 6.08 Å². The maximum absolute atomic E-state index is 6.11. The van der Waals surface area contributed by atoms with E-state index in [1.54, 1.807) is 7.11 Å². The highest BCUT2D eigenvalue weighted by Crippen LogP contribution is 2.34. The highest BCUT2D eigenvalue weighted by atomic mass is 16.5. The van der Waals surface area contributed by atoms with Gasteiger partial charge in [0.15, 0.2) is 0 Å². The van der Waals surface area contributed by atoms with Crippen LogP contribution in [-0.4, -0.2) is 18.8 Å². The normalized spacial score (nSPS) is 23.8. The molecule has 0 bridgehead atoms. The zero-order valence-corrected chi connectivity index (χ0v) is 8.59. The third-order valence-electron chi connectivity index (χ3n) is 3.20. The maximum Gasteiger partial charge on any atom is 0.0831 e. The summed E-state index contributed by atoms with van der Waals surface area (Å²) < 4.78 is 5.62. The van der Waals surface area contributed by atoms with Gasteiger partial charge in [0.25, 0.3) is 0 Å². The Bertz CT molecular complexity index is 161. The van der Waals surface area contributed by atoms with Crippen LogP contribution in [0.25, 0.3) is 0 Å². The van der Waals surface area contributed by atoms with Crippen LogP contribution in [-0.2, 0) is 4.74 Å². The van der Waals surface area contributed by atoms with Crippen molar-refractivity contribution in [1.82, 2.24) is 0 Å². The Balaban J connectivity index is 2.60. The van der Waals surface area contributed by atoms with E-state index in [2.05, 4.69) is 6.58 Å². The van der Waals surface area contributed by atoms with Gasteiger partial charge < -0.3 is 10.5 Å². The molecule has 2 nitrogen and oxygen atoms in total. The van der Waals surface area contributed by atoms with Crippen molar-refractivity contribution in [2.24, 2.45) is 5.73 Å². The average molecular weight is 183 g/mol. The predicted octanol–water partition coefficient (Wildman–Crippen LogP) is 2.24. The predicted molar refractivity (Wildman–Crippen MR) is 55.6 cm³/mol. The molecule has 1 aliphatic rings. The van der Waals surface area contributed by atoms with Gasteiger partial charge in [0.05, 0.1) is 5.60 Å². The van der Waals surface area contributed by atoms with Gasteiger partial charge in [-0.15, -0.1) is 6.58 Å². The summed E-state index contributed by atoms with van der Waals surface area (Å²) in [5, 5.41) is 0. The lowest BCUT2D eigenvalue weighted by Gasteiger charge is -2.40. The van der Waals surface area contributed by atoms with Crippen molar-refractivity contribution in [3.05, 3.63) is 12.7 Å². The van der Waals surface area contributed by atoms with Crippen molar-refractivity contribution in [3.63, 3.8) is 0 Å². The minimum Gasteiger partial charge on any atom is -0.377 e. The second kappa shape index (κ2) is 4.77. The van der Waals surface area contributed by atoms with Crippen LogP contribution in [0.5, 0.6) is 0 Å². The highest BCUT2D eigenvalue weighted by molar-refractivity contribution is 4.96. The summed E-state index contributed by atoms with van der Waals surface area (Å²) in [4.78, 5) is 0. The number of hydrogen-bond acceptors (Lipinski definition) is 2. The molecule has 0 aromatic rings. The molecule has 0 aromatic heterocycles. The first-order chi connectivity index (χ1) is 6.25. The number of hydrogen-bond donors (Lipinski definition) is 1. The van der Waals surface area contributed by atoms with E-state index >= 15 is 0 Å². The van der Waals surface area contributed by atoms with Gasteiger partial charge >= 0.3 is 0 Å². The van der Waals surface area contributed by atoms with E-state index in [9.17, 15) is 0 Å². The van der Waals surface area contributed by atoms with Crippen LogP contribution in [0, 0.1) is 0 Å². The quantitative estimate of drug-likeness (QED) is 0.678. The molecule has 0 amide bonds. The second-order valence-corrected chi connectivity index (χ2v) is 3.96. The molecule has 2 N–H and O–H groups in total. The molecule has 0 saturated heterocycles. The second-order valence-electron chi connectivity index (χ2n) is 3.96. The lowest BCUT2D eigenvalue weighted by molar-refractivity contribution is -0.0577. The fourth-order valence-electron chi connectivity index (χ4n) is 2.27. The molecule has 1 saturated carbocycles. The van der Waals surface area contributed by atoms with Crippen molar-refractivity contribution in [2.75, 3.05) is 7.11 Å². The molecule has 0 aromatic carbocycles. The summed E-state index contributed by atoms with van der Waals surface area (Å²) in [5.41, 5.74) is 6.05. The molecular formula is C11H21NO. The number of rotatable bonds is 4. The van der Waals surface area contributed by atoms with Gasteiger partial charge in [0.2, 0.25) is 0 Å². The molecule has 0 spiro atoms. The molecule has 76 valence electrons. The summed E-state index contributed by atoms with van der Waals surface area (Å²) >= 11 is 0. The van der Waals surface area contributed by atoms with Crippen molar-refractivity contribution >= 4 is 0 Å². The highest BCUT2D eigenvalue weighted by Gasteiger charge is 2.37. The zero-order chi connectivity index (χ0) is 9.73. The van der Waals surface area contributed by atoms with Gasteiger partial charge in [-0.3, -0.25) is 0 Å². The van der Waals surface area contributed by atoms with Crippen LogP contribution in [0.2, 0.25) is 0 Å². The summed E-state index contributed by atoms with van der Waals surface area (Å²) in [6.45, 7) is 3.73. The Morgan fingerprint density at radius 3 is 2.54 bits per heavy atom. The van der Waals surface area contributed by atoms with E-state index in [0.717, 1.165) is 19.3 Å². The first-order valence-corrected chi connectivity index (χ1v) is 5.17. The van der Waals surface area contributed by atoms with Crippen molar-refractivity contribution in [3.8, 4) is 0 Å². The molecule has 2 heteroatoms. The molecule has 0 radical (unpaired) electrons. The average Bonchev–Trinajstić information content (AvgIpc) is 2.19. The molecule has 1 unspecified atom stereocenters. The smallest absolute Gasteiger partial charge is 0.0831 e. The van der Waals surface area contributed by atoms with Gasteiger partial charge in [0.1, 0.15) is 0 Å². The molecular weight excluding hydrogens is 162 g/mol. The molecule has 1 atom stereocenters. The number of methoxy groups -OCH3 is 1. The Labute approximate surface area is 81.1 Å². The van der Waals surface area contributed by atoms with Gasteiger partial charge in [0, 0.05) is 13.2 Å². The minimum absolute atomic E-state index is 0.0631. The van der Waals surface area contributed by atoms with E-state index in [4.69, 9.17) is 10.5 Å². The molecule has 1 rings (SSSR count). The molecule has 1 aliphatic carbocycles. The van der Waals surface area contributed by atoms with Crippen molar-refractivity contribution < 1.29 is 4.74 Å². The molecule has 0 aliphatic heterocycles. The zero-order valence-electron chi connectivity index (χ0n) is 8.59. The Morgan fingerprint density at radius 1 is 1.46 bits per heavy atom. The lowest BCUT2D eigenvalue weighted by Crippen LogP contribution is -2.50. The largest absolute Gasteiger partial charge is 0.377 e. The van der Waals surface area contributed by atoms with E-state index in [1.165, 1.54) is 19.3 Å². The first kappa shape index (κ1) is 10.7. The SMILES string of the molecule is C=CCC(N)C1(OC)CCCCC1. The topological polar surface area (TPSA) is 35.2 Å². The summed E-state index contributed by atoms with van der Waals surface area (Å²) in [6, 6.07) is 0.121. The molecule has 13 heavy (non-hydrogen) atoms. The Kier molecular flexibility index (Phi) is 3.94. The third-order valence-corrected chi connectivity index (χ3v) is 3.20. The lowest BCUT2D eigenvalue weighted by atomic mass is 9.78. The minimum atomic E-state index is -0.0631. The van der Waals surface area contributed by atoms with Gasteiger partial charge in [-0.2, -0.15) is 0 Å². The van der Waals surface area contributed by atoms with Gasteiger partial charge in [-0.25, -0.2) is 0 Å². The first-order valence-electron chi connectivity index (χ1n) is 5.17. The fourth-order valence-corrected chi connectivity index (χ4v) is 2.27. The monoisotopic (exact) mass is 183 g/mol. The van der Waals surface area contributed by atoms with Crippen molar-refractivity contribution in [1.29, 1.82) is 0 Å². The molecule has 1 fully saturated rings. The van der Waals surface area contributed by atoms with Gasteiger partial charge in [-0.05, 0) is 19.3 Å². The van der Waals surface area contributed by atoms with Gasteiger partial charge in [-0.1, -0.05) is 25.3 Å². The summed E-state index contributed by atoms with van der Waals surface area (Å²) in [5.74, 6) is 0. The third kappa shape index (κ3) is 2.32. The van der Waals surface area contributed by atoms with Crippen LogP contribution in [0.4, 0.5) is 0 Å². The number of ether oxygens (including phenoxy) is 1. The maximum atomic E-state index is 6.11. The van der Waals surface area contributed by atoms with Crippen LogP contribution in [0.15, 0.2) is 12.7 Å². The van der Waals surface area contributed by atoms with Crippen LogP contribution < -0.4 is 5.73 Å². The fraction of sp³-hybridized carbons (Fsp3) is 0.818. The summed E-state index contributed by atoms with van der Waals surface area (Å²) in [6.07, 6.45) is 8.79. The van der Waals surface area contributed by atoms with Crippen LogP contribution >= 0.6 is 0 Å². The van der Waals surface area contributed by atoms with Crippen molar-refractivity contribution in [2.45, 2.75) is 50.2 Å². The van der Waals surface area contributed by atoms with Crippen LogP contribution in [0.3, 0.4) is 0 Å².